The summed E-state index contributed by atoms with van der Waals surface area (Å²) in [5.74, 6) is 0. The number of nitrogens with one attached hydrogen (secondary N) is 1. The van der Waals surface area contributed by atoms with E-state index < -0.39 is 0 Å². The van der Waals surface area contributed by atoms with Gasteiger partial charge in [-0.05, 0) is 50.6 Å². The lowest BCUT2D eigenvalue weighted by atomic mass is 10.0. The van der Waals surface area contributed by atoms with Crippen molar-refractivity contribution in [2.75, 3.05) is 20.1 Å². The van der Waals surface area contributed by atoms with Gasteiger partial charge in [0.25, 0.3) is 0 Å². The summed E-state index contributed by atoms with van der Waals surface area (Å²) < 4.78 is 1.22. The minimum atomic E-state index is 0.698. The molecule has 2 rings (SSSR count). The number of hydrogen-bond acceptors (Lipinski definition) is 2. The standard InChI is InChI=1S/C15H23BrN2/c1-12-6-7-13(9-15(12)16)11-18-8-4-3-5-14(18)10-17-2/h6-7,9,14,17H,3-5,8,10-11H2,1-2H3. The minimum Gasteiger partial charge on any atom is -0.318 e. The average molecular weight is 311 g/mol. The van der Waals surface area contributed by atoms with Crippen molar-refractivity contribution in [2.24, 2.45) is 0 Å². The van der Waals surface area contributed by atoms with E-state index in [4.69, 9.17) is 0 Å². The first-order valence-corrected chi connectivity index (χ1v) is 7.63. The number of likely N-dealkylation sites (tertiary alicyclic amines) is 1. The van der Waals surface area contributed by atoms with Gasteiger partial charge in [0.1, 0.15) is 0 Å². The van der Waals surface area contributed by atoms with Crippen LogP contribution in [0.5, 0.6) is 0 Å². The maximum atomic E-state index is 3.63. The Bertz CT molecular complexity index is 390. The number of nitrogens with zero attached hydrogens (tertiary/aromatic N) is 1. The molecule has 0 bridgehead atoms. The first kappa shape index (κ1) is 14.0. The fourth-order valence-electron chi connectivity index (χ4n) is 2.70. The highest BCUT2D eigenvalue weighted by Crippen LogP contribution is 2.22. The Morgan fingerprint density at radius 2 is 2.22 bits per heavy atom. The van der Waals surface area contributed by atoms with Crippen molar-refractivity contribution in [1.29, 1.82) is 0 Å². The van der Waals surface area contributed by atoms with Gasteiger partial charge in [-0.25, -0.2) is 0 Å². The van der Waals surface area contributed by atoms with Crippen LogP contribution in [-0.2, 0) is 6.54 Å². The van der Waals surface area contributed by atoms with Crippen LogP contribution in [0.15, 0.2) is 22.7 Å². The lowest BCUT2D eigenvalue weighted by Crippen LogP contribution is -2.44. The number of hydrogen-bond donors (Lipinski definition) is 1. The molecule has 18 heavy (non-hydrogen) atoms. The van der Waals surface area contributed by atoms with E-state index >= 15 is 0 Å². The van der Waals surface area contributed by atoms with Gasteiger partial charge in [-0.2, -0.15) is 0 Å². The summed E-state index contributed by atoms with van der Waals surface area (Å²) in [6.45, 7) is 5.55. The lowest BCUT2D eigenvalue weighted by Gasteiger charge is -2.35. The molecular formula is C15H23BrN2. The highest BCUT2D eigenvalue weighted by Gasteiger charge is 2.21. The lowest BCUT2D eigenvalue weighted by molar-refractivity contribution is 0.139. The summed E-state index contributed by atoms with van der Waals surface area (Å²) in [6, 6.07) is 7.42. The van der Waals surface area contributed by atoms with Gasteiger partial charge in [-0.15, -0.1) is 0 Å². The molecule has 0 aromatic heterocycles. The van der Waals surface area contributed by atoms with Crippen molar-refractivity contribution in [3.05, 3.63) is 33.8 Å². The number of aryl methyl sites for hydroxylation is 1. The third-order valence-corrected chi connectivity index (χ3v) is 4.67. The molecule has 1 aromatic rings. The largest absolute Gasteiger partial charge is 0.318 e. The molecule has 1 heterocycles. The van der Waals surface area contributed by atoms with Crippen molar-refractivity contribution in [2.45, 2.75) is 38.8 Å². The van der Waals surface area contributed by atoms with Gasteiger partial charge in [0, 0.05) is 23.6 Å². The Balaban J connectivity index is 2.03. The van der Waals surface area contributed by atoms with E-state index in [2.05, 4.69) is 58.3 Å². The zero-order valence-electron chi connectivity index (χ0n) is 11.4. The smallest absolute Gasteiger partial charge is 0.0237 e. The molecule has 1 fully saturated rings. The van der Waals surface area contributed by atoms with Crippen LogP contribution < -0.4 is 5.32 Å². The van der Waals surface area contributed by atoms with E-state index in [9.17, 15) is 0 Å². The predicted octanol–water partition coefficient (Wildman–Crippen LogP) is 3.33. The van der Waals surface area contributed by atoms with Crippen LogP contribution in [-0.4, -0.2) is 31.1 Å². The fraction of sp³-hybridized carbons (Fsp3) is 0.600. The third kappa shape index (κ3) is 3.56. The third-order valence-electron chi connectivity index (χ3n) is 3.81. The van der Waals surface area contributed by atoms with Gasteiger partial charge >= 0.3 is 0 Å². The molecule has 1 aliphatic heterocycles. The van der Waals surface area contributed by atoms with Gasteiger partial charge < -0.3 is 5.32 Å². The Labute approximate surface area is 119 Å². The first-order valence-electron chi connectivity index (χ1n) is 6.84. The van der Waals surface area contributed by atoms with Crippen molar-refractivity contribution < 1.29 is 0 Å². The first-order chi connectivity index (χ1) is 8.70. The topological polar surface area (TPSA) is 15.3 Å². The second kappa shape index (κ2) is 6.69. The van der Waals surface area contributed by atoms with Crippen molar-refractivity contribution in [3.8, 4) is 0 Å². The molecule has 1 N–H and O–H groups in total. The molecule has 1 saturated heterocycles. The second-order valence-electron chi connectivity index (χ2n) is 5.26. The molecular weight excluding hydrogens is 288 g/mol. The van der Waals surface area contributed by atoms with Gasteiger partial charge in [0.2, 0.25) is 0 Å². The molecule has 1 aromatic carbocycles. The Morgan fingerprint density at radius 3 is 2.94 bits per heavy atom. The summed E-state index contributed by atoms with van der Waals surface area (Å²) in [4.78, 5) is 2.62. The van der Waals surface area contributed by atoms with Crippen LogP contribution in [0, 0.1) is 6.92 Å². The summed E-state index contributed by atoms with van der Waals surface area (Å²) in [6.07, 6.45) is 4.04. The van der Waals surface area contributed by atoms with Gasteiger partial charge in [0.05, 0.1) is 0 Å². The summed E-state index contributed by atoms with van der Waals surface area (Å²) in [5.41, 5.74) is 2.72. The molecule has 1 atom stereocenters. The molecule has 1 aliphatic rings. The molecule has 1 unspecified atom stereocenters. The van der Waals surface area contributed by atoms with E-state index in [0.29, 0.717) is 6.04 Å². The summed E-state index contributed by atoms with van der Waals surface area (Å²) in [5, 5.41) is 3.32. The Hall–Kier alpha value is -0.380. The molecule has 100 valence electrons. The Kier molecular flexibility index (Phi) is 5.22. The van der Waals surface area contributed by atoms with Crippen LogP contribution in [0.3, 0.4) is 0 Å². The normalized spacial score (nSPS) is 21.2. The molecule has 0 aliphatic carbocycles. The van der Waals surface area contributed by atoms with E-state index in [0.717, 1.165) is 13.1 Å². The van der Waals surface area contributed by atoms with Gasteiger partial charge in [0.15, 0.2) is 0 Å². The quantitative estimate of drug-likeness (QED) is 0.917. The van der Waals surface area contributed by atoms with Crippen LogP contribution in [0.1, 0.15) is 30.4 Å². The zero-order chi connectivity index (χ0) is 13.0. The molecule has 0 radical (unpaired) electrons. The van der Waals surface area contributed by atoms with Crippen LogP contribution in [0.2, 0.25) is 0 Å². The highest BCUT2D eigenvalue weighted by molar-refractivity contribution is 9.10. The predicted molar refractivity (Wildman–Crippen MR) is 80.9 cm³/mol. The summed E-state index contributed by atoms with van der Waals surface area (Å²) >= 11 is 3.63. The number of halogens is 1. The molecule has 2 nitrogen and oxygen atoms in total. The number of benzene rings is 1. The van der Waals surface area contributed by atoms with Crippen molar-refractivity contribution in [1.82, 2.24) is 10.2 Å². The van der Waals surface area contributed by atoms with Gasteiger partial charge in [-0.1, -0.05) is 34.5 Å². The van der Waals surface area contributed by atoms with Crippen LogP contribution >= 0.6 is 15.9 Å². The fourth-order valence-corrected chi connectivity index (χ4v) is 3.13. The van der Waals surface area contributed by atoms with Crippen molar-refractivity contribution >= 4 is 15.9 Å². The van der Waals surface area contributed by atoms with E-state index in [1.165, 1.54) is 41.4 Å². The number of piperidine rings is 1. The maximum absolute atomic E-state index is 3.63. The Morgan fingerprint density at radius 1 is 1.39 bits per heavy atom. The number of likely N-dealkylation sites (N-methyl/N-ethyl adjacent to an activating group) is 1. The molecule has 0 amide bonds. The minimum absolute atomic E-state index is 0.698. The van der Waals surface area contributed by atoms with Crippen LogP contribution in [0.25, 0.3) is 0 Å². The second-order valence-corrected chi connectivity index (χ2v) is 6.12. The highest BCUT2D eigenvalue weighted by atomic mass is 79.9. The van der Waals surface area contributed by atoms with Crippen LogP contribution in [0.4, 0.5) is 0 Å². The molecule has 0 spiro atoms. The SMILES string of the molecule is CNCC1CCCCN1Cc1ccc(C)c(Br)c1. The van der Waals surface area contributed by atoms with Crippen molar-refractivity contribution in [3.63, 3.8) is 0 Å². The zero-order valence-corrected chi connectivity index (χ0v) is 13.0. The van der Waals surface area contributed by atoms with E-state index in [1.807, 2.05) is 0 Å². The summed E-state index contributed by atoms with van der Waals surface area (Å²) in [7, 11) is 2.05. The monoisotopic (exact) mass is 310 g/mol. The average Bonchev–Trinajstić information content (AvgIpc) is 2.37. The number of rotatable bonds is 4. The maximum Gasteiger partial charge on any atom is 0.0237 e. The van der Waals surface area contributed by atoms with E-state index in [1.54, 1.807) is 0 Å². The molecule has 3 heteroatoms. The molecule has 0 saturated carbocycles. The van der Waals surface area contributed by atoms with E-state index in [-0.39, 0.29) is 0 Å². The van der Waals surface area contributed by atoms with Gasteiger partial charge in [-0.3, -0.25) is 4.90 Å².